The van der Waals surface area contributed by atoms with Crippen LogP contribution < -0.4 is 5.32 Å². The number of aryl methyl sites for hydroxylation is 1. The van der Waals surface area contributed by atoms with E-state index >= 15 is 0 Å². The van der Waals surface area contributed by atoms with Crippen LogP contribution in [0.15, 0.2) is 24.3 Å². The molecule has 0 bridgehead atoms. The molecule has 2 unspecified atom stereocenters. The van der Waals surface area contributed by atoms with Gasteiger partial charge >= 0.3 is 0 Å². The highest BCUT2D eigenvalue weighted by Crippen LogP contribution is 2.36. The molecule has 20 heavy (non-hydrogen) atoms. The minimum absolute atomic E-state index is 0.296. The first-order chi connectivity index (χ1) is 9.51. The molecule has 2 rings (SSSR count). The molecule has 1 aromatic carbocycles. The van der Waals surface area contributed by atoms with Gasteiger partial charge in [0.15, 0.2) is 0 Å². The summed E-state index contributed by atoms with van der Waals surface area (Å²) in [5.74, 6) is 0.718. The van der Waals surface area contributed by atoms with Gasteiger partial charge in [-0.2, -0.15) is 0 Å². The van der Waals surface area contributed by atoms with Gasteiger partial charge in [-0.05, 0) is 49.3 Å². The normalized spacial score (nSPS) is 22.5. The quantitative estimate of drug-likeness (QED) is 0.878. The largest absolute Gasteiger partial charge is 0.310 e. The summed E-state index contributed by atoms with van der Waals surface area (Å²) in [7, 11) is -2.87. The Balaban J connectivity index is 2.15. The van der Waals surface area contributed by atoms with Crippen LogP contribution in [-0.4, -0.2) is 27.0 Å². The fourth-order valence-electron chi connectivity index (χ4n) is 3.08. The lowest BCUT2D eigenvalue weighted by Crippen LogP contribution is -2.34. The van der Waals surface area contributed by atoms with Gasteiger partial charge in [0.2, 0.25) is 0 Å². The summed E-state index contributed by atoms with van der Waals surface area (Å²) in [5, 5.41) is 3.62. The summed E-state index contributed by atoms with van der Waals surface area (Å²) >= 11 is 0. The lowest BCUT2D eigenvalue weighted by molar-refractivity contribution is 0.313. The number of rotatable bonds is 6. The van der Waals surface area contributed by atoms with Crippen molar-refractivity contribution < 1.29 is 8.42 Å². The van der Waals surface area contributed by atoms with Crippen molar-refractivity contribution in [2.24, 2.45) is 5.92 Å². The Bertz CT molecular complexity index is 539. The van der Waals surface area contributed by atoms with Crippen LogP contribution in [0.25, 0.3) is 0 Å². The molecule has 3 nitrogen and oxygen atoms in total. The molecule has 112 valence electrons. The van der Waals surface area contributed by atoms with Gasteiger partial charge in [-0.1, -0.05) is 31.2 Å². The monoisotopic (exact) mass is 295 g/mol. The molecule has 1 aliphatic carbocycles. The second-order valence-corrected chi connectivity index (χ2v) is 8.11. The maximum Gasteiger partial charge on any atom is 0.147 e. The molecule has 0 heterocycles. The number of hydrogen-bond donors (Lipinski definition) is 1. The van der Waals surface area contributed by atoms with Crippen molar-refractivity contribution >= 4 is 9.84 Å². The van der Waals surface area contributed by atoms with E-state index in [4.69, 9.17) is 0 Å². The first kappa shape index (κ1) is 15.5. The van der Waals surface area contributed by atoms with Crippen molar-refractivity contribution in [1.29, 1.82) is 0 Å². The zero-order valence-electron chi connectivity index (χ0n) is 12.4. The van der Waals surface area contributed by atoms with E-state index in [-0.39, 0.29) is 0 Å². The lowest BCUT2D eigenvalue weighted by atomic mass is 9.78. The summed E-state index contributed by atoms with van der Waals surface area (Å²) in [4.78, 5) is 0. The summed E-state index contributed by atoms with van der Waals surface area (Å²) in [6, 6.07) is 8.87. The molecule has 1 aromatic rings. The summed E-state index contributed by atoms with van der Waals surface area (Å²) < 4.78 is 22.8. The number of fused-ring (bicyclic) bond motifs is 1. The molecular formula is C16H25NO2S. The molecule has 0 aliphatic heterocycles. The predicted molar refractivity (Wildman–Crippen MR) is 83.6 cm³/mol. The second kappa shape index (κ2) is 6.72. The van der Waals surface area contributed by atoms with Crippen molar-refractivity contribution in [1.82, 2.24) is 5.32 Å². The minimum Gasteiger partial charge on any atom is -0.310 e. The number of nitrogens with one attached hydrogen (secondary N) is 1. The number of sulfone groups is 1. The van der Waals surface area contributed by atoms with E-state index in [9.17, 15) is 8.42 Å². The van der Waals surface area contributed by atoms with E-state index < -0.39 is 9.84 Å². The first-order valence-corrected chi connectivity index (χ1v) is 9.56. The molecule has 1 aliphatic rings. The maximum atomic E-state index is 11.4. The standard InChI is InChI=1S/C16H25NO2S/c1-3-11-17-16-14(10-12-20(2,18)19)9-8-13-6-4-5-7-15(13)16/h4-7,14,16-17H,3,8-12H2,1-2H3. The number of benzene rings is 1. The molecule has 2 atom stereocenters. The van der Waals surface area contributed by atoms with Crippen LogP contribution in [0.2, 0.25) is 0 Å². The predicted octanol–water partition coefficient (Wildman–Crippen LogP) is 2.72. The SMILES string of the molecule is CCCNC1c2ccccc2CCC1CCS(C)(=O)=O. The van der Waals surface area contributed by atoms with Crippen molar-refractivity contribution in [3.63, 3.8) is 0 Å². The fraction of sp³-hybridized carbons (Fsp3) is 0.625. The van der Waals surface area contributed by atoms with Crippen LogP contribution in [0.4, 0.5) is 0 Å². The molecule has 4 heteroatoms. The van der Waals surface area contributed by atoms with E-state index in [1.807, 2.05) is 0 Å². The minimum atomic E-state index is -2.87. The molecule has 0 fully saturated rings. The molecule has 1 N–H and O–H groups in total. The van der Waals surface area contributed by atoms with Gasteiger partial charge in [0.1, 0.15) is 9.84 Å². The molecule has 0 spiro atoms. The molecule has 0 saturated carbocycles. The van der Waals surface area contributed by atoms with Crippen LogP contribution in [0.3, 0.4) is 0 Å². The van der Waals surface area contributed by atoms with Gasteiger partial charge in [0, 0.05) is 12.3 Å². The Morgan fingerprint density at radius 2 is 2.05 bits per heavy atom. The highest BCUT2D eigenvalue weighted by molar-refractivity contribution is 7.90. The van der Waals surface area contributed by atoms with E-state index in [1.165, 1.54) is 17.4 Å². The lowest BCUT2D eigenvalue weighted by Gasteiger charge is -2.34. The van der Waals surface area contributed by atoms with Gasteiger partial charge < -0.3 is 5.32 Å². The van der Waals surface area contributed by atoms with E-state index in [2.05, 4.69) is 36.5 Å². The third kappa shape index (κ3) is 4.06. The third-order valence-corrected chi connectivity index (χ3v) is 5.10. The van der Waals surface area contributed by atoms with Crippen molar-refractivity contribution in [3.05, 3.63) is 35.4 Å². The van der Waals surface area contributed by atoms with Crippen molar-refractivity contribution in [2.75, 3.05) is 18.6 Å². The molecule has 0 aromatic heterocycles. The van der Waals surface area contributed by atoms with Gasteiger partial charge in [-0.15, -0.1) is 0 Å². The van der Waals surface area contributed by atoms with E-state index in [1.54, 1.807) is 0 Å². The average molecular weight is 295 g/mol. The Morgan fingerprint density at radius 1 is 1.30 bits per heavy atom. The van der Waals surface area contributed by atoms with Crippen LogP contribution in [0, 0.1) is 5.92 Å². The van der Waals surface area contributed by atoms with Crippen LogP contribution in [-0.2, 0) is 16.3 Å². The Kier molecular flexibility index (Phi) is 5.22. The van der Waals surface area contributed by atoms with Gasteiger partial charge in [-0.3, -0.25) is 0 Å². The Labute approximate surface area is 122 Å². The fourth-order valence-corrected chi connectivity index (χ4v) is 3.81. The van der Waals surface area contributed by atoms with Crippen LogP contribution >= 0.6 is 0 Å². The van der Waals surface area contributed by atoms with E-state index in [0.717, 1.165) is 32.2 Å². The highest BCUT2D eigenvalue weighted by atomic mass is 32.2. The van der Waals surface area contributed by atoms with Crippen molar-refractivity contribution in [2.45, 2.75) is 38.6 Å². The Morgan fingerprint density at radius 3 is 2.75 bits per heavy atom. The van der Waals surface area contributed by atoms with Gasteiger partial charge in [-0.25, -0.2) is 8.42 Å². The Hall–Kier alpha value is -0.870. The zero-order valence-corrected chi connectivity index (χ0v) is 13.2. The topological polar surface area (TPSA) is 46.2 Å². The third-order valence-electron chi connectivity index (χ3n) is 4.12. The van der Waals surface area contributed by atoms with E-state index in [0.29, 0.717) is 17.7 Å². The van der Waals surface area contributed by atoms with Gasteiger partial charge in [0.25, 0.3) is 0 Å². The molecule has 0 saturated heterocycles. The average Bonchev–Trinajstić information content (AvgIpc) is 2.42. The molecular weight excluding hydrogens is 270 g/mol. The smallest absolute Gasteiger partial charge is 0.147 e. The van der Waals surface area contributed by atoms with Crippen LogP contribution in [0.5, 0.6) is 0 Å². The summed E-state index contributed by atoms with van der Waals surface area (Å²) in [6.07, 6.45) is 5.33. The zero-order chi connectivity index (χ0) is 14.6. The van der Waals surface area contributed by atoms with Crippen LogP contribution in [0.1, 0.15) is 43.4 Å². The van der Waals surface area contributed by atoms with Gasteiger partial charge in [0.05, 0.1) is 5.75 Å². The summed E-state index contributed by atoms with van der Waals surface area (Å²) in [6.45, 7) is 3.14. The summed E-state index contributed by atoms with van der Waals surface area (Å²) in [5.41, 5.74) is 2.78. The maximum absolute atomic E-state index is 11.4. The molecule has 0 amide bonds. The van der Waals surface area contributed by atoms with Crippen molar-refractivity contribution in [3.8, 4) is 0 Å². The number of hydrogen-bond acceptors (Lipinski definition) is 3. The highest BCUT2D eigenvalue weighted by Gasteiger charge is 2.29. The molecule has 0 radical (unpaired) electrons. The first-order valence-electron chi connectivity index (χ1n) is 7.50. The second-order valence-electron chi connectivity index (χ2n) is 5.85.